The molecule has 6 heteroatoms. The predicted octanol–water partition coefficient (Wildman–Crippen LogP) is 1.66. The van der Waals surface area contributed by atoms with E-state index in [4.69, 9.17) is 9.84 Å². The molecule has 100 valence electrons. The van der Waals surface area contributed by atoms with Crippen molar-refractivity contribution in [1.82, 2.24) is 10.3 Å². The van der Waals surface area contributed by atoms with Crippen LogP contribution >= 0.6 is 0 Å². The second kappa shape index (κ2) is 6.26. The van der Waals surface area contributed by atoms with Crippen LogP contribution < -0.4 is 13.6 Å². The van der Waals surface area contributed by atoms with E-state index in [9.17, 15) is 4.79 Å². The van der Waals surface area contributed by atoms with Crippen LogP contribution in [-0.2, 0) is 0 Å². The number of nitrogens with one attached hydrogen (secondary N) is 1. The molecule has 0 aromatic carbocycles. The van der Waals surface area contributed by atoms with Crippen LogP contribution in [0.4, 0.5) is 4.79 Å². The Hall–Kier alpha value is -0.981. The van der Waals surface area contributed by atoms with Crippen molar-refractivity contribution in [2.24, 2.45) is 0 Å². The Bertz CT molecular complexity index is 418. The number of hydrogen-bond acceptors (Lipinski definition) is 3. The number of rotatable bonds is 5. The van der Waals surface area contributed by atoms with Crippen LogP contribution in [0, 0.1) is 0 Å². The van der Waals surface area contributed by atoms with Gasteiger partial charge in [0.1, 0.15) is 0 Å². The summed E-state index contributed by atoms with van der Waals surface area (Å²) in [6.45, 7) is 2.06. The molecular formula is C12H20N2O3Sn. The molecule has 0 fully saturated rings. The second-order valence-electron chi connectivity index (χ2n) is 5.32. The number of nitrogens with zero attached hydrogens (tertiary/aromatic N) is 1. The summed E-state index contributed by atoms with van der Waals surface area (Å²) in [5, 5.41) is 10.9. The van der Waals surface area contributed by atoms with Crippen molar-refractivity contribution < 1.29 is 14.6 Å². The molecule has 0 bridgehead atoms. The third-order valence-electron chi connectivity index (χ3n) is 2.45. The van der Waals surface area contributed by atoms with Crippen LogP contribution in [0.15, 0.2) is 18.5 Å². The van der Waals surface area contributed by atoms with Crippen molar-refractivity contribution in [2.45, 2.75) is 27.8 Å². The van der Waals surface area contributed by atoms with Gasteiger partial charge < -0.3 is 0 Å². The normalized spacial score (nSPS) is 12.9. The van der Waals surface area contributed by atoms with Gasteiger partial charge in [0.05, 0.1) is 0 Å². The van der Waals surface area contributed by atoms with E-state index < -0.39 is 24.5 Å². The standard InChI is InChI=1S/C9H11N2O3.3CH3.Sn/c1-7(11-9(12)13)6-14-8-3-2-4-10-5-8;;;;/h3-5,7,11H,6H2,1H3,(H,12,13);3*1H3;. The van der Waals surface area contributed by atoms with Crippen LogP contribution in [0.1, 0.15) is 6.92 Å². The number of carbonyl (C=O) groups is 1. The molecule has 0 aliphatic heterocycles. The third kappa shape index (κ3) is 5.12. The molecule has 1 atom stereocenters. The fraction of sp³-hybridized carbons (Fsp3) is 0.500. The van der Waals surface area contributed by atoms with Gasteiger partial charge in [-0.15, -0.1) is 0 Å². The molecule has 5 nitrogen and oxygen atoms in total. The first kappa shape index (κ1) is 15.1. The van der Waals surface area contributed by atoms with E-state index >= 15 is 0 Å². The van der Waals surface area contributed by atoms with E-state index in [1.807, 2.05) is 12.3 Å². The minimum absolute atomic E-state index is 0.246. The van der Waals surface area contributed by atoms with E-state index in [2.05, 4.69) is 25.1 Å². The summed E-state index contributed by atoms with van der Waals surface area (Å²) in [6.07, 6.45) is 2.53. The average molecular weight is 359 g/mol. The maximum atomic E-state index is 10.4. The summed E-state index contributed by atoms with van der Waals surface area (Å²) in [5.74, 6) is 0.707. The van der Waals surface area contributed by atoms with Crippen molar-refractivity contribution >= 4 is 28.0 Å². The molecule has 1 unspecified atom stereocenters. The predicted molar refractivity (Wildman–Crippen MR) is 73.3 cm³/mol. The summed E-state index contributed by atoms with van der Waals surface area (Å²) in [5.41, 5.74) is 0. The molecule has 0 saturated heterocycles. The third-order valence-corrected chi connectivity index (χ3v) is 8.17. The van der Waals surface area contributed by atoms with Gasteiger partial charge in [-0.25, -0.2) is 0 Å². The van der Waals surface area contributed by atoms with E-state index in [1.54, 1.807) is 13.1 Å². The van der Waals surface area contributed by atoms with Gasteiger partial charge in [0.2, 0.25) is 0 Å². The number of aromatic nitrogens is 1. The molecule has 2 N–H and O–H groups in total. The van der Waals surface area contributed by atoms with Gasteiger partial charge >= 0.3 is 112 Å². The summed E-state index contributed by atoms with van der Waals surface area (Å²) in [7, 11) is 0. The van der Waals surface area contributed by atoms with E-state index in [1.165, 1.54) is 3.58 Å². The van der Waals surface area contributed by atoms with Crippen LogP contribution in [0.25, 0.3) is 0 Å². The Balaban J connectivity index is 2.60. The monoisotopic (exact) mass is 360 g/mol. The number of pyridine rings is 1. The summed E-state index contributed by atoms with van der Waals surface area (Å²) in [6, 6.07) is 1.78. The zero-order valence-electron chi connectivity index (χ0n) is 11.2. The van der Waals surface area contributed by atoms with Gasteiger partial charge in [-0.3, -0.25) is 0 Å². The van der Waals surface area contributed by atoms with Gasteiger partial charge in [-0.1, -0.05) is 0 Å². The molecule has 0 aliphatic carbocycles. The number of amides is 1. The number of hydrogen-bond donors (Lipinski definition) is 2. The van der Waals surface area contributed by atoms with Crippen molar-refractivity contribution in [1.29, 1.82) is 0 Å². The molecule has 0 radical (unpaired) electrons. The van der Waals surface area contributed by atoms with Gasteiger partial charge in [0, 0.05) is 0 Å². The fourth-order valence-electron chi connectivity index (χ4n) is 1.38. The first-order chi connectivity index (χ1) is 8.29. The van der Waals surface area contributed by atoms with Gasteiger partial charge in [0.25, 0.3) is 0 Å². The van der Waals surface area contributed by atoms with Crippen molar-refractivity contribution in [3.8, 4) is 5.75 Å². The molecule has 1 heterocycles. The van der Waals surface area contributed by atoms with Crippen molar-refractivity contribution in [3.63, 3.8) is 0 Å². The molecular weight excluding hydrogens is 339 g/mol. The Morgan fingerprint density at radius 1 is 1.50 bits per heavy atom. The van der Waals surface area contributed by atoms with Crippen LogP contribution in [0.2, 0.25) is 14.8 Å². The molecule has 18 heavy (non-hydrogen) atoms. The Labute approximate surface area is 111 Å². The molecule has 1 amide bonds. The number of ether oxygens (including phenoxy) is 1. The molecule has 0 saturated carbocycles. The molecule has 0 spiro atoms. The zero-order valence-corrected chi connectivity index (χ0v) is 14.1. The van der Waals surface area contributed by atoms with Gasteiger partial charge in [-0.2, -0.15) is 0 Å². The first-order valence-electron chi connectivity index (χ1n) is 5.87. The Kier molecular flexibility index (Phi) is 5.25. The summed E-state index contributed by atoms with van der Waals surface area (Å²) < 4.78 is 6.84. The average Bonchev–Trinajstić information content (AvgIpc) is 2.25. The van der Waals surface area contributed by atoms with Crippen molar-refractivity contribution in [3.05, 3.63) is 18.5 Å². The van der Waals surface area contributed by atoms with E-state index in [-0.39, 0.29) is 6.04 Å². The van der Waals surface area contributed by atoms with E-state index in [0.717, 1.165) is 0 Å². The van der Waals surface area contributed by atoms with Crippen molar-refractivity contribution in [2.75, 3.05) is 6.61 Å². The van der Waals surface area contributed by atoms with E-state index in [0.29, 0.717) is 12.4 Å². The maximum absolute atomic E-state index is 10.4. The summed E-state index contributed by atoms with van der Waals surface area (Å²) in [4.78, 5) is 21.5. The molecule has 0 aliphatic rings. The van der Waals surface area contributed by atoms with Crippen LogP contribution in [0.5, 0.6) is 5.75 Å². The topological polar surface area (TPSA) is 71.5 Å². The molecule has 1 aromatic rings. The Morgan fingerprint density at radius 3 is 2.72 bits per heavy atom. The second-order valence-corrected chi connectivity index (χ2v) is 19.8. The molecule has 1 rings (SSSR count). The van der Waals surface area contributed by atoms with Gasteiger partial charge in [-0.05, 0) is 0 Å². The fourth-order valence-corrected chi connectivity index (χ4v) is 4.34. The minimum atomic E-state index is -2.12. The Morgan fingerprint density at radius 2 is 2.17 bits per heavy atom. The van der Waals surface area contributed by atoms with Crippen LogP contribution in [-0.4, -0.2) is 47.2 Å². The SMILES string of the molecule is CC(COc1cnc[c]([Sn]([CH3])([CH3])[CH3])c1)NC(=O)O. The quantitative estimate of drug-likeness (QED) is 0.785. The summed E-state index contributed by atoms with van der Waals surface area (Å²) >= 11 is -2.12. The first-order valence-corrected chi connectivity index (χ1v) is 15.9. The van der Waals surface area contributed by atoms with Gasteiger partial charge in [0.15, 0.2) is 0 Å². The molecule has 1 aromatic heterocycles. The van der Waals surface area contributed by atoms with Crippen LogP contribution in [0.3, 0.4) is 0 Å². The number of carboxylic acid groups (broad SMARTS) is 1. The zero-order chi connectivity index (χ0) is 13.8.